The number of nitrogens with one attached hydrogen (secondary N) is 2. The van der Waals surface area contributed by atoms with Crippen molar-refractivity contribution in [2.75, 3.05) is 23.3 Å². The fourth-order valence-electron chi connectivity index (χ4n) is 4.70. The first-order chi connectivity index (χ1) is 16.7. The number of amides is 1. The summed E-state index contributed by atoms with van der Waals surface area (Å²) in [7, 11) is 0. The number of aromatic nitrogens is 5. The molecule has 1 aromatic carbocycles. The van der Waals surface area contributed by atoms with Gasteiger partial charge >= 0.3 is 0 Å². The highest BCUT2D eigenvalue weighted by Gasteiger charge is 2.39. The number of piperidine rings is 1. The van der Waals surface area contributed by atoms with Crippen LogP contribution in [-0.2, 0) is 4.79 Å². The van der Waals surface area contributed by atoms with Crippen LogP contribution in [0, 0.1) is 17.7 Å². The topological polar surface area (TPSA) is 91.2 Å². The fraction of sp³-hybridized carbons (Fsp3) is 0.391. The molecule has 1 amide bonds. The SMILES string of the molecule is C[C@H]1C[C@H]1C(=O)Nc1cn2cc(-c3c(Cl)c(F)c(N4CCC(F)(F)CC4)c4[nH]ncc34)ncc2n1. The number of imidazole rings is 1. The van der Waals surface area contributed by atoms with Gasteiger partial charge in [-0.25, -0.2) is 18.2 Å². The molecule has 4 aromatic rings. The molecule has 0 bridgehead atoms. The third-order valence-electron chi connectivity index (χ3n) is 6.87. The maximum absolute atomic E-state index is 15.6. The van der Waals surface area contributed by atoms with Gasteiger partial charge in [0.1, 0.15) is 5.69 Å². The van der Waals surface area contributed by atoms with Crippen LogP contribution < -0.4 is 10.2 Å². The van der Waals surface area contributed by atoms with Gasteiger partial charge in [0, 0.05) is 49.0 Å². The second kappa shape index (κ2) is 7.84. The Morgan fingerprint density at radius 2 is 2.00 bits per heavy atom. The van der Waals surface area contributed by atoms with Crippen molar-refractivity contribution in [2.45, 2.75) is 32.1 Å². The van der Waals surface area contributed by atoms with Crippen LogP contribution in [0.2, 0.25) is 5.02 Å². The summed E-state index contributed by atoms with van der Waals surface area (Å²) in [6, 6.07) is 0. The Labute approximate surface area is 202 Å². The van der Waals surface area contributed by atoms with Crippen LogP contribution in [0.1, 0.15) is 26.2 Å². The fourth-order valence-corrected chi connectivity index (χ4v) is 4.99. The zero-order chi connectivity index (χ0) is 24.5. The molecule has 1 saturated carbocycles. The lowest BCUT2D eigenvalue weighted by atomic mass is 10.0. The number of carbonyl (C=O) groups excluding carboxylic acids is 1. The molecular formula is C23H21ClF3N7O. The molecular weight excluding hydrogens is 483 g/mol. The van der Waals surface area contributed by atoms with E-state index in [0.717, 1.165) is 6.42 Å². The molecule has 2 N–H and O–H groups in total. The first-order valence-electron chi connectivity index (χ1n) is 11.3. The van der Waals surface area contributed by atoms with E-state index in [1.54, 1.807) is 21.7 Å². The van der Waals surface area contributed by atoms with E-state index in [9.17, 15) is 13.6 Å². The number of aromatic amines is 1. The molecule has 2 fully saturated rings. The quantitative estimate of drug-likeness (QED) is 0.413. The van der Waals surface area contributed by atoms with Gasteiger partial charge in [-0.05, 0) is 12.3 Å². The molecule has 6 rings (SSSR count). The molecule has 1 saturated heterocycles. The van der Waals surface area contributed by atoms with Crippen molar-refractivity contribution < 1.29 is 18.0 Å². The molecule has 2 atom stereocenters. The molecule has 0 radical (unpaired) electrons. The Morgan fingerprint density at radius 1 is 1.26 bits per heavy atom. The van der Waals surface area contributed by atoms with Crippen molar-refractivity contribution in [1.82, 2.24) is 24.6 Å². The van der Waals surface area contributed by atoms with Crippen molar-refractivity contribution in [1.29, 1.82) is 0 Å². The number of H-pyrrole nitrogens is 1. The molecule has 35 heavy (non-hydrogen) atoms. The molecule has 0 spiro atoms. The standard InChI is InChI=1S/C23H21ClF3N7O/c1-11-6-12(11)22(35)31-15-10-34-9-14(28-8-16(34)30-15)17-13-7-29-32-20(13)21(19(25)18(17)24)33-4-2-23(26,27)3-5-33/h7-12H,2-6H2,1H3,(H,29,32)(H,31,35)/t11-,12+/m0/s1. The third-order valence-corrected chi connectivity index (χ3v) is 7.23. The number of fused-ring (bicyclic) bond motifs is 2. The van der Waals surface area contributed by atoms with E-state index in [1.807, 2.05) is 6.92 Å². The van der Waals surface area contributed by atoms with Gasteiger partial charge in [0.15, 0.2) is 17.3 Å². The number of hydrogen-bond donors (Lipinski definition) is 2. The average molecular weight is 504 g/mol. The highest BCUT2D eigenvalue weighted by atomic mass is 35.5. The maximum Gasteiger partial charge on any atom is 0.251 e. The lowest BCUT2D eigenvalue weighted by molar-refractivity contribution is -0.117. The minimum absolute atomic E-state index is 0.00108. The van der Waals surface area contributed by atoms with E-state index in [2.05, 4.69) is 25.5 Å². The molecule has 0 unspecified atom stereocenters. The van der Waals surface area contributed by atoms with E-state index in [4.69, 9.17) is 11.6 Å². The van der Waals surface area contributed by atoms with Crippen LogP contribution in [0.5, 0.6) is 0 Å². The first-order valence-corrected chi connectivity index (χ1v) is 11.7. The Bertz CT molecular complexity index is 1470. The van der Waals surface area contributed by atoms with Crippen molar-refractivity contribution in [2.24, 2.45) is 11.8 Å². The van der Waals surface area contributed by atoms with Crippen LogP contribution in [0.3, 0.4) is 0 Å². The zero-order valence-corrected chi connectivity index (χ0v) is 19.4. The molecule has 8 nitrogen and oxygen atoms in total. The normalized spacial score (nSPS) is 21.6. The molecule has 182 valence electrons. The number of hydrogen-bond acceptors (Lipinski definition) is 5. The lowest BCUT2D eigenvalue weighted by Gasteiger charge is -2.34. The number of nitrogens with zero attached hydrogens (tertiary/aromatic N) is 5. The summed E-state index contributed by atoms with van der Waals surface area (Å²) < 4.78 is 44.6. The van der Waals surface area contributed by atoms with Gasteiger partial charge in [-0.3, -0.25) is 14.9 Å². The van der Waals surface area contributed by atoms with Crippen molar-refractivity contribution in [3.05, 3.63) is 35.6 Å². The second-order valence-electron chi connectivity index (χ2n) is 9.33. The van der Waals surface area contributed by atoms with Gasteiger partial charge < -0.3 is 14.6 Å². The predicted octanol–water partition coefficient (Wildman–Crippen LogP) is 4.90. The van der Waals surface area contributed by atoms with Crippen molar-refractivity contribution in [3.8, 4) is 11.3 Å². The number of anilines is 2. The number of benzene rings is 1. The Hall–Kier alpha value is -3.34. The Morgan fingerprint density at radius 3 is 2.71 bits per heavy atom. The molecule has 1 aliphatic heterocycles. The predicted molar refractivity (Wildman–Crippen MR) is 125 cm³/mol. The van der Waals surface area contributed by atoms with Gasteiger partial charge in [-0.1, -0.05) is 18.5 Å². The minimum atomic E-state index is -2.76. The van der Waals surface area contributed by atoms with Crippen LogP contribution in [0.25, 0.3) is 27.8 Å². The van der Waals surface area contributed by atoms with Crippen LogP contribution in [0.15, 0.2) is 24.8 Å². The molecule has 4 heterocycles. The number of carbonyl (C=O) groups is 1. The zero-order valence-electron chi connectivity index (χ0n) is 18.7. The Balaban J connectivity index is 1.38. The molecule has 2 aliphatic rings. The summed E-state index contributed by atoms with van der Waals surface area (Å²) in [6.07, 6.45) is 6.46. The van der Waals surface area contributed by atoms with Crippen LogP contribution in [0.4, 0.5) is 24.7 Å². The first kappa shape index (κ1) is 22.1. The van der Waals surface area contributed by atoms with Gasteiger partial charge in [-0.15, -0.1) is 0 Å². The van der Waals surface area contributed by atoms with E-state index in [-0.39, 0.29) is 48.5 Å². The van der Waals surface area contributed by atoms with Gasteiger partial charge in [0.25, 0.3) is 5.92 Å². The average Bonchev–Trinajstić information content (AvgIpc) is 3.17. The van der Waals surface area contributed by atoms with Crippen molar-refractivity contribution in [3.63, 3.8) is 0 Å². The summed E-state index contributed by atoms with van der Waals surface area (Å²) >= 11 is 6.51. The highest BCUT2D eigenvalue weighted by Crippen LogP contribution is 2.43. The Kier molecular flexibility index (Phi) is 4.96. The number of halogens is 4. The number of alkyl halides is 2. The largest absolute Gasteiger partial charge is 0.367 e. The second-order valence-corrected chi connectivity index (χ2v) is 9.70. The van der Waals surface area contributed by atoms with Gasteiger partial charge in [0.2, 0.25) is 5.91 Å². The molecule has 12 heteroatoms. The van der Waals surface area contributed by atoms with E-state index in [0.29, 0.717) is 39.5 Å². The molecule has 1 aliphatic carbocycles. The summed E-state index contributed by atoms with van der Waals surface area (Å²) in [4.78, 5) is 22.6. The lowest BCUT2D eigenvalue weighted by Crippen LogP contribution is -2.40. The van der Waals surface area contributed by atoms with Crippen LogP contribution in [-0.4, -0.2) is 49.5 Å². The third kappa shape index (κ3) is 3.78. The monoisotopic (exact) mass is 503 g/mol. The minimum Gasteiger partial charge on any atom is -0.367 e. The summed E-state index contributed by atoms with van der Waals surface area (Å²) in [5.74, 6) is -2.76. The van der Waals surface area contributed by atoms with Gasteiger partial charge in [-0.2, -0.15) is 5.10 Å². The highest BCUT2D eigenvalue weighted by molar-refractivity contribution is 6.35. The number of rotatable bonds is 4. The van der Waals surface area contributed by atoms with E-state index >= 15 is 4.39 Å². The van der Waals surface area contributed by atoms with Crippen LogP contribution >= 0.6 is 11.6 Å². The maximum atomic E-state index is 15.6. The van der Waals surface area contributed by atoms with E-state index < -0.39 is 11.7 Å². The van der Waals surface area contributed by atoms with E-state index in [1.165, 1.54) is 12.4 Å². The summed E-state index contributed by atoms with van der Waals surface area (Å²) in [5.41, 5.74) is 1.69. The smallest absolute Gasteiger partial charge is 0.251 e. The summed E-state index contributed by atoms with van der Waals surface area (Å²) in [6.45, 7) is 2.03. The summed E-state index contributed by atoms with van der Waals surface area (Å²) in [5, 5.41) is 10.0. The molecule has 3 aromatic heterocycles. The van der Waals surface area contributed by atoms with Gasteiger partial charge in [0.05, 0.1) is 34.8 Å². The van der Waals surface area contributed by atoms with Crippen molar-refractivity contribution >= 4 is 45.6 Å².